The molecule has 0 radical (unpaired) electrons. The van der Waals surface area contributed by atoms with Gasteiger partial charge in [0.2, 0.25) is 0 Å². The minimum absolute atomic E-state index is 0.0288. The summed E-state index contributed by atoms with van der Waals surface area (Å²) in [7, 11) is -4.25. The highest BCUT2D eigenvalue weighted by atomic mass is 35.5. The minimum Gasteiger partial charge on any atom is -0.332 e. The molecule has 3 rings (SSSR count). The van der Waals surface area contributed by atoms with E-state index in [4.69, 9.17) is 16.1 Å². The number of hydrogen-bond acceptors (Lipinski definition) is 6. The second-order valence-electron chi connectivity index (χ2n) is 4.89. The molecule has 0 atom stereocenters. The van der Waals surface area contributed by atoms with Crippen LogP contribution in [-0.2, 0) is 16.2 Å². The molecule has 0 unspecified atom stereocenters. The van der Waals surface area contributed by atoms with Crippen LogP contribution in [0.5, 0.6) is 0 Å². The fraction of sp³-hybridized carbons (Fsp3) is 0.0714. The quantitative estimate of drug-likeness (QED) is 0.713. The number of sulfonamides is 1. The van der Waals surface area contributed by atoms with Crippen LogP contribution < -0.4 is 4.72 Å². The second-order valence-corrected chi connectivity index (χ2v) is 6.97. The first-order chi connectivity index (χ1) is 12.2. The van der Waals surface area contributed by atoms with Gasteiger partial charge in [-0.2, -0.15) is 18.2 Å². The lowest BCUT2D eigenvalue weighted by molar-refractivity contribution is -0.141. The Morgan fingerprint density at radius 2 is 1.85 bits per heavy atom. The molecule has 0 aliphatic carbocycles. The van der Waals surface area contributed by atoms with E-state index in [1.165, 1.54) is 0 Å². The number of benzene rings is 1. The van der Waals surface area contributed by atoms with E-state index in [2.05, 4.69) is 15.1 Å². The standard InChI is InChI=1S/C14H8ClF3N4O3S/c15-10-4-2-1-3-9(10)12-20-13(21-25-12)22-26(23,24)8-5-6-11(19-7-8)14(16,17)18/h1-7H,(H,21,22). The van der Waals surface area contributed by atoms with Crippen molar-refractivity contribution in [2.75, 3.05) is 4.72 Å². The topological polar surface area (TPSA) is 98.0 Å². The molecule has 0 aliphatic rings. The van der Waals surface area contributed by atoms with Crippen molar-refractivity contribution in [1.82, 2.24) is 15.1 Å². The van der Waals surface area contributed by atoms with Crippen LogP contribution in [-0.4, -0.2) is 23.5 Å². The average molecular weight is 405 g/mol. The summed E-state index contributed by atoms with van der Waals surface area (Å²) in [6, 6.07) is 7.85. The Kier molecular flexibility index (Phi) is 4.59. The molecule has 12 heteroatoms. The predicted octanol–water partition coefficient (Wildman–Crippen LogP) is 3.60. The van der Waals surface area contributed by atoms with Crippen LogP contribution in [0.25, 0.3) is 11.5 Å². The van der Waals surface area contributed by atoms with E-state index in [0.717, 1.165) is 6.07 Å². The molecule has 0 saturated heterocycles. The monoisotopic (exact) mass is 404 g/mol. The first-order valence-electron chi connectivity index (χ1n) is 6.81. The van der Waals surface area contributed by atoms with Crippen molar-refractivity contribution >= 4 is 27.6 Å². The Morgan fingerprint density at radius 1 is 1.12 bits per heavy atom. The number of aromatic nitrogens is 3. The van der Waals surface area contributed by atoms with Crippen molar-refractivity contribution < 1.29 is 26.1 Å². The van der Waals surface area contributed by atoms with Gasteiger partial charge in [-0.05, 0) is 29.4 Å². The zero-order valence-corrected chi connectivity index (χ0v) is 14.1. The highest BCUT2D eigenvalue weighted by Crippen LogP contribution is 2.29. The van der Waals surface area contributed by atoms with Gasteiger partial charge in [-0.25, -0.2) is 13.1 Å². The lowest BCUT2D eigenvalue weighted by Crippen LogP contribution is -2.15. The Balaban J connectivity index is 1.83. The highest BCUT2D eigenvalue weighted by molar-refractivity contribution is 7.92. The molecule has 0 saturated carbocycles. The van der Waals surface area contributed by atoms with Gasteiger partial charge in [0.25, 0.3) is 21.9 Å². The number of nitrogens with zero attached hydrogens (tertiary/aromatic N) is 3. The second kappa shape index (κ2) is 6.57. The molecular weight excluding hydrogens is 397 g/mol. The fourth-order valence-corrected chi connectivity index (χ4v) is 2.99. The maximum atomic E-state index is 12.5. The van der Waals surface area contributed by atoms with Crippen molar-refractivity contribution in [3.05, 3.63) is 53.3 Å². The third-order valence-electron chi connectivity index (χ3n) is 3.09. The van der Waals surface area contributed by atoms with Crippen LogP contribution >= 0.6 is 11.6 Å². The summed E-state index contributed by atoms with van der Waals surface area (Å²) in [6.07, 6.45) is -4.09. The molecule has 0 aliphatic heterocycles. The Labute approximate surface area is 149 Å². The van der Waals surface area contributed by atoms with Gasteiger partial charge in [-0.1, -0.05) is 23.7 Å². The third-order valence-corrected chi connectivity index (χ3v) is 4.74. The van der Waals surface area contributed by atoms with Crippen LogP contribution in [0.2, 0.25) is 5.02 Å². The molecule has 136 valence electrons. The Bertz CT molecular complexity index is 1040. The third kappa shape index (κ3) is 3.78. The van der Waals surface area contributed by atoms with Gasteiger partial charge in [0.15, 0.2) is 0 Å². The van der Waals surface area contributed by atoms with E-state index >= 15 is 0 Å². The van der Waals surface area contributed by atoms with Gasteiger partial charge in [0.1, 0.15) is 10.6 Å². The zero-order valence-electron chi connectivity index (χ0n) is 12.5. The van der Waals surface area contributed by atoms with Crippen LogP contribution in [0.1, 0.15) is 5.69 Å². The number of pyridine rings is 1. The van der Waals surface area contributed by atoms with E-state index in [1.807, 2.05) is 4.72 Å². The normalized spacial score (nSPS) is 12.2. The largest absolute Gasteiger partial charge is 0.433 e. The summed E-state index contributed by atoms with van der Waals surface area (Å²) in [5, 5.41) is 3.78. The maximum Gasteiger partial charge on any atom is 0.433 e. The number of hydrogen-bond donors (Lipinski definition) is 1. The summed E-state index contributed by atoms with van der Waals surface area (Å²) in [4.78, 5) is 6.46. The number of nitrogens with one attached hydrogen (secondary N) is 1. The molecule has 0 spiro atoms. The van der Waals surface area contributed by atoms with Crippen molar-refractivity contribution in [3.63, 3.8) is 0 Å². The van der Waals surface area contributed by atoms with Gasteiger partial charge in [-0.3, -0.25) is 4.98 Å². The molecule has 2 heterocycles. The lowest BCUT2D eigenvalue weighted by atomic mass is 10.2. The van der Waals surface area contributed by atoms with Crippen LogP contribution in [0, 0.1) is 0 Å². The van der Waals surface area contributed by atoms with Crippen molar-refractivity contribution in [2.45, 2.75) is 11.1 Å². The Hall–Kier alpha value is -2.66. The lowest BCUT2D eigenvalue weighted by Gasteiger charge is -2.07. The molecule has 0 bridgehead atoms. The van der Waals surface area contributed by atoms with Gasteiger partial charge in [0, 0.05) is 6.20 Å². The summed E-state index contributed by atoms with van der Waals surface area (Å²) in [6.45, 7) is 0. The van der Waals surface area contributed by atoms with Crippen molar-refractivity contribution in [2.24, 2.45) is 0 Å². The fourth-order valence-electron chi connectivity index (χ4n) is 1.90. The number of anilines is 1. The zero-order chi connectivity index (χ0) is 18.9. The van der Waals surface area contributed by atoms with E-state index in [9.17, 15) is 21.6 Å². The summed E-state index contributed by atoms with van der Waals surface area (Å²) in [5.41, 5.74) is -0.819. The molecule has 7 nitrogen and oxygen atoms in total. The van der Waals surface area contributed by atoms with Crippen molar-refractivity contribution in [3.8, 4) is 11.5 Å². The molecular formula is C14H8ClF3N4O3S. The molecule has 0 fully saturated rings. The summed E-state index contributed by atoms with van der Waals surface area (Å²) < 4.78 is 68.8. The summed E-state index contributed by atoms with van der Waals surface area (Å²) in [5.74, 6) is -0.432. The van der Waals surface area contributed by atoms with E-state index in [1.54, 1.807) is 24.3 Å². The number of alkyl halides is 3. The molecule has 1 aromatic carbocycles. The van der Waals surface area contributed by atoms with Crippen molar-refractivity contribution in [1.29, 1.82) is 0 Å². The predicted molar refractivity (Wildman–Crippen MR) is 84.8 cm³/mol. The number of halogens is 4. The van der Waals surface area contributed by atoms with Crippen LogP contribution in [0.3, 0.4) is 0 Å². The first-order valence-corrected chi connectivity index (χ1v) is 8.67. The van der Waals surface area contributed by atoms with Gasteiger partial charge in [-0.15, -0.1) is 0 Å². The molecule has 26 heavy (non-hydrogen) atoms. The van der Waals surface area contributed by atoms with E-state index < -0.39 is 32.7 Å². The number of rotatable bonds is 4. The highest BCUT2D eigenvalue weighted by Gasteiger charge is 2.32. The maximum absolute atomic E-state index is 12.5. The minimum atomic E-state index is -4.67. The Morgan fingerprint density at radius 3 is 2.46 bits per heavy atom. The smallest absolute Gasteiger partial charge is 0.332 e. The van der Waals surface area contributed by atoms with E-state index in [0.29, 0.717) is 22.8 Å². The average Bonchev–Trinajstić information content (AvgIpc) is 3.02. The molecule has 1 N–H and O–H groups in total. The first kappa shape index (κ1) is 18.1. The van der Waals surface area contributed by atoms with Crippen LogP contribution in [0.15, 0.2) is 52.0 Å². The van der Waals surface area contributed by atoms with E-state index in [-0.39, 0.29) is 5.89 Å². The molecule has 3 aromatic rings. The SMILES string of the molecule is O=S(=O)(Nc1noc(-c2ccccc2Cl)n1)c1ccc(C(F)(F)F)nc1. The van der Waals surface area contributed by atoms with Gasteiger partial charge < -0.3 is 4.52 Å². The van der Waals surface area contributed by atoms with Gasteiger partial charge >= 0.3 is 6.18 Å². The molecule has 0 amide bonds. The molecule has 2 aromatic heterocycles. The summed E-state index contributed by atoms with van der Waals surface area (Å²) >= 11 is 5.98. The van der Waals surface area contributed by atoms with Crippen LogP contribution in [0.4, 0.5) is 19.1 Å². The van der Waals surface area contributed by atoms with Gasteiger partial charge in [0.05, 0.1) is 10.6 Å².